The summed E-state index contributed by atoms with van der Waals surface area (Å²) in [6.07, 6.45) is 3.74. The van der Waals surface area contributed by atoms with Crippen LogP contribution in [0, 0.1) is 0 Å². The number of benzene rings is 2. The minimum Gasteiger partial charge on any atom is -0.496 e. The van der Waals surface area contributed by atoms with Crippen LogP contribution < -0.4 is 19.6 Å². The van der Waals surface area contributed by atoms with Gasteiger partial charge in [-0.2, -0.15) is 0 Å². The molecule has 0 spiro atoms. The number of nitrogens with zero attached hydrogens (tertiary/aromatic N) is 2. The van der Waals surface area contributed by atoms with Crippen molar-refractivity contribution in [3.8, 4) is 5.75 Å². The zero-order chi connectivity index (χ0) is 25.2. The lowest BCUT2D eigenvalue weighted by Gasteiger charge is -2.26. The Morgan fingerprint density at radius 3 is 2.72 bits per heavy atom. The van der Waals surface area contributed by atoms with Crippen molar-refractivity contribution in [3.63, 3.8) is 0 Å². The summed E-state index contributed by atoms with van der Waals surface area (Å²) in [4.78, 5) is 35.5. The van der Waals surface area contributed by atoms with Gasteiger partial charge >= 0.3 is 5.97 Å². The second kappa shape index (κ2) is 9.96. The van der Waals surface area contributed by atoms with Crippen LogP contribution in [0.25, 0.3) is 17.0 Å². The third kappa shape index (κ3) is 4.16. The van der Waals surface area contributed by atoms with E-state index < -0.39 is 12.0 Å². The van der Waals surface area contributed by atoms with Gasteiger partial charge < -0.3 is 19.2 Å². The van der Waals surface area contributed by atoms with Crippen molar-refractivity contribution in [2.24, 2.45) is 4.99 Å². The number of thiazole rings is 1. The summed E-state index contributed by atoms with van der Waals surface area (Å²) in [5, 5.41) is 1.02. The molecule has 4 aromatic rings. The molecule has 0 amide bonds. The lowest BCUT2D eigenvalue weighted by Crippen LogP contribution is -2.40. The molecule has 1 unspecified atom stereocenters. The summed E-state index contributed by atoms with van der Waals surface area (Å²) in [5.41, 5.74) is 3.11. The highest BCUT2D eigenvalue weighted by Crippen LogP contribution is 2.35. The van der Waals surface area contributed by atoms with E-state index in [1.165, 1.54) is 18.4 Å². The molecule has 1 aliphatic rings. The summed E-state index contributed by atoms with van der Waals surface area (Å²) in [6, 6.07) is 14.5. The molecule has 0 aliphatic carbocycles. The molecule has 2 aromatic carbocycles. The number of fused-ring (bicyclic) bond motifs is 2. The first-order valence-electron chi connectivity index (χ1n) is 11.4. The van der Waals surface area contributed by atoms with E-state index in [9.17, 15) is 9.59 Å². The Balaban J connectivity index is 1.71. The van der Waals surface area contributed by atoms with Gasteiger partial charge in [0.25, 0.3) is 5.56 Å². The van der Waals surface area contributed by atoms with Crippen LogP contribution >= 0.6 is 11.3 Å². The number of aromatic nitrogens is 2. The smallest absolute Gasteiger partial charge is 0.338 e. The highest BCUT2D eigenvalue weighted by molar-refractivity contribution is 7.07. The van der Waals surface area contributed by atoms with Gasteiger partial charge in [0.2, 0.25) is 0 Å². The fraction of sp³-hybridized carbons (Fsp3) is 0.222. The van der Waals surface area contributed by atoms with E-state index in [0.717, 1.165) is 16.5 Å². The summed E-state index contributed by atoms with van der Waals surface area (Å²) >= 11 is 1.29. The molecule has 0 saturated carbocycles. The van der Waals surface area contributed by atoms with Crippen molar-refractivity contribution in [2.45, 2.75) is 13.0 Å². The van der Waals surface area contributed by atoms with E-state index in [-0.39, 0.29) is 18.8 Å². The Morgan fingerprint density at radius 2 is 1.92 bits per heavy atom. The SMILES string of the molecule is COCCOC(=O)C1=C(C)N=c2sc(=Cc3c[nH]c4ccccc34)c(=O)n2C1c1ccccc1OC. The molecule has 1 atom stereocenters. The maximum absolute atomic E-state index is 13.8. The van der Waals surface area contributed by atoms with Crippen molar-refractivity contribution in [1.29, 1.82) is 0 Å². The topological polar surface area (TPSA) is 94.9 Å². The van der Waals surface area contributed by atoms with E-state index in [1.807, 2.05) is 54.7 Å². The zero-order valence-corrected chi connectivity index (χ0v) is 20.9. The van der Waals surface area contributed by atoms with E-state index in [1.54, 1.807) is 24.7 Å². The number of methoxy groups -OCH3 is 2. The Hall–Kier alpha value is -3.95. The molecule has 0 saturated heterocycles. The molecule has 9 heteroatoms. The van der Waals surface area contributed by atoms with Gasteiger partial charge in [-0.25, -0.2) is 9.79 Å². The molecule has 0 fully saturated rings. The van der Waals surface area contributed by atoms with Crippen molar-refractivity contribution in [2.75, 3.05) is 27.4 Å². The van der Waals surface area contributed by atoms with Crippen LogP contribution in [0.2, 0.25) is 0 Å². The quantitative estimate of drug-likeness (QED) is 0.309. The molecule has 8 nitrogen and oxygen atoms in total. The van der Waals surface area contributed by atoms with Crippen LogP contribution in [0.5, 0.6) is 5.75 Å². The average Bonchev–Trinajstić information content (AvgIpc) is 3.44. The standard InChI is InChI=1S/C27H25N3O5S/c1-16-23(26(32)35-13-12-33-2)24(19-9-5-7-11-21(19)34-3)30-25(31)22(36-27(30)29-16)14-17-15-28-20-10-6-4-8-18(17)20/h4-11,14-15,24,28H,12-13H2,1-3H3. The molecule has 3 heterocycles. The predicted octanol–water partition coefficient (Wildman–Crippen LogP) is 2.91. The van der Waals surface area contributed by atoms with Gasteiger partial charge in [0, 0.05) is 35.3 Å². The predicted molar refractivity (Wildman–Crippen MR) is 138 cm³/mol. The highest BCUT2D eigenvalue weighted by Gasteiger charge is 2.35. The van der Waals surface area contributed by atoms with Gasteiger partial charge in [0.15, 0.2) is 4.80 Å². The largest absolute Gasteiger partial charge is 0.496 e. The lowest BCUT2D eigenvalue weighted by atomic mass is 9.95. The summed E-state index contributed by atoms with van der Waals surface area (Å²) < 4.78 is 18.2. The number of para-hydroxylation sites is 2. The molecule has 2 aromatic heterocycles. The van der Waals surface area contributed by atoms with Crippen LogP contribution in [0.15, 0.2) is 75.8 Å². The molecule has 5 rings (SSSR count). The summed E-state index contributed by atoms with van der Waals surface area (Å²) in [6.45, 7) is 2.11. The minimum atomic E-state index is -0.752. The molecule has 1 N–H and O–H groups in total. The molecular formula is C27H25N3O5S. The van der Waals surface area contributed by atoms with Gasteiger partial charge in [0.05, 0.1) is 29.5 Å². The number of aromatic amines is 1. The number of rotatable bonds is 7. The number of carbonyl (C=O) groups is 1. The molecule has 0 bridgehead atoms. The van der Waals surface area contributed by atoms with Crippen LogP contribution in [-0.4, -0.2) is 43.0 Å². The first-order chi connectivity index (χ1) is 17.5. The van der Waals surface area contributed by atoms with Gasteiger partial charge in [-0.1, -0.05) is 47.7 Å². The first-order valence-corrected chi connectivity index (χ1v) is 12.2. The number of hydrogen-bond donors (Lipinski definition) is 1. The number of ether oxygens (including phenoxy) is 3. The van der Waals surface area contributed by atoms with E-state index >= 15 is 0 Å². The van der Waals surface area contributed by atoms with Crippen molar-refractivity contribution in [1.82, 2.24) is 9.55 Å². The summed E-state index contributed by atoms with van der Waals surface area (Å²) in [5.74, 6) is 0.0146. The summed E-state index contributed by atoms with van der Waals surface area (Å²) in [7, 11) is 3.10. The van der Waals surface area contributed by atoms with Gasteiger partial charge in [-0.3, -0.25) is 9.36 Å². The van der Waals surface area contributed by atoms with Gasteiger partial charge in [-0.15, -0.1) is 0 Å². The van der Waals surface area contributed by atoms with Gasteiger partial charge in [0.1, 0.15) is 18.4 Å². The van der Waals surface area contributed by atoms with Crippen LogP contribution in [0.3, 0.4) is 0 Å². The zero-order valence-electron chi connectivity index (χ0n) is 20.1. The number of H-pyrrole nitrogens is 1. The van der Waals surface area contributed by atoms with E-state index in [4.69, 9.17) is 14.2 Å². The van der Waals surface area contributed by atoms with Crippen LogP contribution in [0.4, 0.5) is 0 Å². The number of nitrogens with one attached hydrogen (secondary N) is 1. The Bertz CT molecular complexity index is 1660. The second-order valence-corrected chi connectivity index (χ2v) is 9.25. The molecule has 1 aliphatic heterocycles. The third-order valence-electron chi connectivity index (χ3n) is 6.10. The highest BCUT2D eigenvalue weighted by atomic mass is 32.1. The lowest BCUT2D eigenvalue weighted by molar-refractivity contribution is -0.140. The number of carbonyl (C=O) groups excluding carboxylic acids is 1. The Kier molecular flexibility index (Phi) is 6.58. The van der Waals surface area contributed by atoms with Crippen molar-refractivity contribution in [3.05, 3.63) is 96.8 Å². The molecule has 0 radical (unpaired) electrons. The average molecular weight is 504 g/mol. The first kappa shape index (κ1) is 23.8. The van der Waals surface area contributed by atoms with E-state index in [2.05, 4.69) is 9.98 Å². The monoisotopic (exact) mass is 503 g/mol. The van der Waals surface area contributed by atoms with Gasteiger partial charge in [-0.05, 0) is 25.1 Å². The second-order valence-electron chi connectivity index (χ2n) is 8.24. The number of hydrogen-bond acceptors (Lipinski definition) is 7. The Morgan fingerprint density at radius 1 is 1.14 bits per heavy atom. The fourth-order valence-corrected chi connectivity index (χ4v) is 5.46. The maximum Gasteiger partial charge on any atom is 0.338 e. The fourth-order valence-electron chi connectivity index (χ4n) is 4.42. The molecule has 36 heavy (non-hydrogen) atoms. The third-order valence-corrected chi connectivity index (χ3v) is 7.09. The molecular weight excluding hydrogens is 478 g/mol. The molecule has 184 valence electrons. The minimum absolute atomic E-state index is 0.0930. The number of allylic oxidation sites excluding steroid dienone is 1. The van der Waals surface area contributed by atoms with Crippen LogP contribution in [-0.2, 0) is 14.3 Å². The number of esters is 1. The van der Waals surface area contributed by atoms with Crippen molar-refractivity contribution < 1.29 is 19.0 Å². The maximum atomic E-state index is 13.8. The van der Waals surface area contributed by atoms with E-state index in [0.29, 0.717) is 31.9 Å². The Labute approximate surface area is 210 Å². The normalized spacial score (nSPS) is 15.6. The van der Waals surface area contributed by atoms with Crippen LogP contribution in [0.1, 0.15) is 24.1 Å². The van der Waals surface area contributed by atoms with Crippen molar-refractivity contribution >= 4 is 34.3 Å².